The number of fused-ring (bicyclic) bond motifs is 1. The van der Waals surface area contributed by atoms with Gasteiger partial charge in [0.1, 0.15) is 17.1 Å². The molecular formula is C12H10BrNO5. The molecule has 0 saturated heterocycles. The number of aryl methyl sites for hydroxylation is 1. The predicted molar refractivity (Wildman–Crippen MR) is 71.9 cm³/mol. The molecule has 6 nitrogen and oxygen atoms in total. The summed E-state index contributed by atoms with van der Waals surface area (Å²) in [5.41, 5.74) is -1.18. The molecule has 0 saturated carbocycles. The second kappa shape index (κ2) is 4.58. The minimum atomic E-state index is -1.38. The van der Waals surface area contributed by atoms with E-state index in [1.807, 2.05) is 0 Å². The van der Waals surface area contributed by atoms with Gasteiger partial charge in [0, 0.05) is 18.8 Å². The van der Waals surface area contributed by atoms with Gasteiger partial charge in [0.2, 0.25) is 5.43 Å². The number of aromatic hydroxyl groups is 2. The number of benzene rings is 1. The molecule has 0 amide bonds. The minimum absolute atomic E-state index is 0.109. The highest BCUT2D eigenvalue weighted by Crippen LogP contribution is 2.36. The Bertz CT molecular complexity index is 750. The van der Waals surface area contributed by atoms with Crippen molar-refractivity contribution < 1.29 is 20.1 Å². The molecule has 0 aliphatic rings. The van der Waals surface area contributed by atoms with Crippen LogP contribution >= 0.6 is 15.9 Å². The zero-order chi connectivity index (χ0) is 14.3. The summed E-state index contributed by atoms with van der Waals surface area (Å²) in [6.07, 6.45) is 1.15. The van der Waals surface area contributed by atoms with Crippen molar-refractivity contribution in [3.05, 3.63) is 32.5 Å². The SMILES string of the molecule is CCn1cc(C(=O)O)c(=O)c2c(O)c(Br)cc(O)c21. The maximum Gasteiger partial charge on any atom is 0.341 e. The van der Waals surface area contributed by atoms with E-state index in [-0.39, 0.29) is 26.9 Å². The van der Waals surface area contributed by atoms with E-state index < -0.39 is 17.0 Å². The summed E-state index contributed by atoms with van der Waals surface area (Å²) in [7, 11) is 0. The Labute approximate surface area is 115 Å². The number of carboxylic acids is 1. The molecule has 0 aliphatic carbocycles. The number of hydrogen-bond acceptors (Lipinski definition) is 4. The van der Waals surface area contributed by atoms with Crippen molar-refractivity contribution in [1.29, 1.82) is 0 Å². The molecule has 0 aliphatic heterocycles. The molecule has 7 heteroatoms. The van der Waals surface area contributed by atoms with Gasteiger partial charge in [-0.15, -0.1) is 0 Å². The minimum Gasteiger partial charge on any atom is -0.506 e. The number of carbonyl (C=O) groups is 1. The number of halogens is 1. The van der Waals surface area contributed by atoms with Gasteiger partial charge in [-0.05, 0) is 22.9 Å². The number of carboxylic acid groups (broad SMARTS) is 1. The third-order valence-corrected chi connectivity index (χ3v) is 3.43. The normalized spacial score (nSPS) is 10.8. The van der Waals surface area contributed by atoms with Crippen LogP contribution in [0.2, 0.25) is 0 Å². The molecule has 0 radical (unpaired) electrons. The number of pyridine rings is 1. The maximum atomic E-state index is 12.1. The first kappa shape index (κ1) is 13.4. The molecule has 0 unspecified atom stereocenters. The lowest BCUT2D eigenvalue weighted by Gasteiger charge is -2.13. The van der Waals surface area contributed by atoms with Gasteiger partial charge in [0.15, 0.2) is 0 Å². The van der Waals surface area contributed by atoms with Crippen LogP contribution in [0.1, 0.15) is 17.3 Å². The van der Waals surface area contributed by atoms with Crippen molar-refractivity contribution in [2.24, 2.45) is 0 Å². The summed E-state index contributed by atoms with van der Waals surface area (Å²) in [6, 6.07) is 1.25. The van der Waals surface area contributed by atoms with E-state index in [4.69, 9.17) is 5.11 Å². The second-order valence-corrected chi connectivity index (χ2v) is 4.77. The van der Waals surface area contributed by atoms with Crippen molar-refractivity contribution >= 4 is 32.8 Å². The molecule has 1 aromatic carbocycles. The summed E-state index contributed by atoms with van der Waals surface area (Å²) < 4.78 is 1.53. The van der Waals surface area contributed by atoms with Crippen molar-refractivity contribution in [3.63, 3.8) is 0 Å². The van der Waals surface area contributed by atoms with E-state index in [2.05, 4.69) is 15.9 Å². The molecule has 2 rings (SSSR count). The maximum absolute atomic E-state index is 12.1. The first-order chi connectivity index (χ1) is 8.88. The second-order valence-electron chi connectivity index (χ2n) is 3.91. The smallest absolute Gasteiger partial charge is 0.341 e. The molecule has 0 bridgehead atoms. The van der Waals surface area contributed by atoms with Gasteiger partial charge in [0.05, 0.1) is 15.4 Å². The van der Waals surface area contributed by atoms with E-state index in [1.165, 1.54) is 10.6 Å². The fraction of sp³-hybridized carbons (Fsp3) is 0.167. The highest BCUT2D eigenvalue weighted by molar-refractivity contribution is 9.10. The number of rotatable bonds is 2. The van der Waals surface area contributed by atoms with Crippen LogP contribution in [0.3, 0.4) is 0 Å². The summed E-state index contributed by atoms with van der Waals surface area (Å²) in [4.78, 5) is 23.1. The zero-order valence-corrected chi connectivity index (χ0v) is 11.4. The van der Waals surface area contributed by atoms with Crippen LogP contribution in [0.25, 0.3) is 10.9 Å². The first-order valence-electron chi connectivity index (χ1n) is 5.39. The molecule has 2 aromatic rings. The van der Waals surface area contributed by atoms with Crippen LogP contribution in [0.15, 0.2) is 21.5 Å². The Balaban J connectivity index is 3.13. The molecule has 0 fully saturated rings. The van der Waals surface area contributed by atoms with E-state index in [0.717, 1.165) is 6.20 Å². The fourth-order valence-corrected chi connectivity index (χ4v) is 2.35. The number of aromatic carboxylic acids is 1. The monoisotopic (exact) mass is 327 g/mol. The third-order valence-electron chi connectivity index (χ3n) is 2.82. The van der Waals surface area contributed by atoms with E-state index in [9.17, 15) is 19.8 Å². The Morgan fingerprint density at radius 2 is 2.05 bits per heavy atom. The highest BCUT2D eigenvalue weighted by Gasteiger charge is 2.20. The van der Waals surface area contributed by atoms with Gasteiger partial charge in [-0.25, -0.2) is 4.79 Å². The first-order valence-corrected chi connectivity index (χ1v) is 6.18. The lowest BCUT2D eigenvalue weighted by Crippen LogP contribution is -2.19. The van der Waals surface area contributed by atoms with Crippen LogP contribution in [0.4, 0.5) is 0 Å². The van der Waals surface area contributed by atoms with E-state index in [0.29, 0.717) is 6.54 Å². The van der Waals surface area contributed by atoms with Gasteiger partial charge in [-0.2, -0.15) is 0 Å². The summed E-state index contributed by atoms with van der Waals surface area (Å²) in [5, 5.41) is 28.6. The molecular weight excluding hydrogens is 318 g/mol. The molecule has 3 N–H and O–H groups in total. The van der Waals surface area contributed by atoms with Crippen LogP contribution in [0, 0.1) is 0 Å². The third kappa shape index (κ3) is 1.95. The van der Waals surface area contributed by atoms with Gasteiger partial charge >= 0.3 is 5.97 Å². The molecule has 1 heterocycles. The largest absolute Gasteiger partial charge is 0.506 e. The van der Waals surface area contributed by atoms with Gasteiger partial charge < -0.3 is 19.9 Å². The quantitative estimate of drug-likeness (QED) is 0.731. The average molecular weight is 328 g/mol. The summed E-state index contributed by atoms with van der Waals surface area (Å²) in [6.45, 7) is 2.07. The summed E-state index contributed by atoms with van der Waals surface area (Å²) >= 11 is 3.00. The number of hydrogen-bond donors (Lipinski definition) is 3. The van der Waals surface area contributed by atoms with Crippen LogP contribution in [-0.4, -0.2) is 25.9 Å². The molecule has 1 aromatic heterocycles. The highest BCUT2D eigenvalue weighted by atomic mass is 79.9. The lowest BCUT2D eigenvalue weighted by molar-refractivity contribution is 0.0695. The molecule has 100 valence electrons. The number of nitrogens with zero attached hydrogens (tertiary/aromatic N) is 1. The van der Waals surface area contributed by atoms with Crippen LogP contribution < -0.4 is 5.43 Å². The van der Waals surface area contributed by atoms with Crippen LogP contribution in [-0.2, 0) is 6.54 Å². The standard InChI is InChI=1S/C12H10BrNO5/c1-2-14-4-5(12(18)19)10(16)8-9(14)7(15)3-6(13)11(8)17/h3-4,15,17H,2H2,1H3,(H,18,19). The summed E-state index contributed by atoms with van der Waals surface area (Å²) in [5.74, 6) is -1.98. The average Bonchev–Trinajstić information content (AvgIpc) is 2.35. The Morgan fingerprint density at radius 3 is 2.58 bits per heavy atom. The molecule has 0 atom stereocenters. The Morgan fingerprint density at radius 1 is 1.42 bits per heavy atom. The van der Waals surface area contributed by atoms with Gasteiger partial charge in [0.25, 0.3) is 0 Å². The molecule has 0 spiro atoms. The lowest BCUT2D eigenvalue weighted by atomic mass is 10.1. The molecule has 19 heavy (non-hydrogen) atoms. The number of phenolic OH excluding ortho intramolecular Hbond substituents is 2. The van der Waals surface area contributed by atoms with E-state index in [1.54, 1.807) is 6.92 Å². The van der Waals surface area contributed by atoms with Crippen molar-refractivity contribution in [3.8, 4) is 11.5 Å². The van der Waals surface area contributed by atoms with Crippen LogP contribution in [0.5, 0.6) is 11.5 Å². The number of phenols is 2. The van der Waals surface area contributed by atoms with Crippen molar-refractivity contribution in [1.82, 2.24) is 4.57 Å². The number of aromatic nitrogens is 1. The predicted octanol–water partition coefficient (Wildman–Crippen LogP) is 1.89. The fourth-order valence-electron chi connectivity index (χ4n) is 1.94. The van der Waals surface area contributed by atoms with E-state index >= 15 is 0 Å². The topological polar surface area (TPSA) is 99.8 Å². The van der Waals surface area contributed by atoms with Crippen molar-refractivity contribution in [2.75, 3.05) is 0 Å². The Hall–Kier alpha value is -2.02. The van der Waals surface area contributed by atoms with Crippen molar-refractivity contribution in [2.45, 2.75) is 13.5 Å². The zero-order valence-electron chi connectivity index (χ0n) is 9.85. The van der Waals surface area contributed by atoms with Gasteiger partial charge in [-0.3, -0.25) is 4.79 Å². The Kier molecular flexibility index (Phi) is 3.23. The van der Waals surface area contributed by atoms with Gasteiger partial charge in [-0.1, -0.05) is 0 Å².